The maximum Gasteiger partial charge on any atom is 0.573 e. The van der Waals surface area contributed by atoms with Crippen LogP contribution in [-0.4, -0.2) is 17.4 Å². The Labute approximate surface area is 136 Å². The molecule has 124 valence electrons. The maximum absolute atomic E-state index is 12.2. The Kier molecular flexibility index (Phi) is 6.27. The van der Waals surface area contributed by atoms with Crippen LogP contribution in [0.5, 0.6) is 5.75 Å². The zero-order valence-electron chi connectivity index (χ0n) is 11.6. The smallest absolute Gasteiger partial charge is 0.479 e. The molecule has 0 saturated heterocycles. The number of halogens is 4. The number of benzene rings is 2. The van der Waals surface area contributed by atoms with Crippen LogP contribution in [0.2, 0.25) is 0 Å². The number of hydrogen-bond acceptors (Lipinski definition) is 3. The Morgan fingerprint density at radius 1 is 1.09 bits per heavy atom. The molecule has 0 aliphatic carbocycles. The zero-order chi connectivity index (χ0) is 16.2. The third-order valence-electron chi connectivity index (χ3n) is 2.76. The maximum atomic E-state index is 12.2. The molecule has 0 spiro atoms. The minimum Gasteiger partial charge on any atom is -0.479 e. The number of aliphatic carboxylic acids is 1. The van der Waals surface area contributed by atoms with E-state index in [1.807, 2.05) is 0 Å². The van der Waals surface area contributed by atoms with Gasteiger partial charge in [0.25, 0.3) is 0 Å². The lowest BCUT2D eigenvalue weighted by atomic mass is 10.1. The van der Waals surface area contributed by atoms with Gasteiger partial charge in [0.05, 0.1) is 0 Å². The van der Waals surface area contributed by atoms with Gasteiger partial charge in [-0.2, -0.15) is 0 Å². The van der Waals surface area contributed by atoms with Gasteiger partial charge in [0.2, 0.25) is 0 Å². The van der Waals surface area contributed by atoms with Gasteiger partial charge in [-0.3, -0.25) is 0 Å². The number of anilines is 1. The number of ether oxygens (including phenoxy) is 1. The van der Waals surface area contributed by atoms with Crippen molar-refractivity contribution in [2.45, 2.75) is 12.4 Å². The first-order chi connectivity index (χ1) is 10.3. The second-order valence-corrected chi connectivity index (χ2v) is 4.40. The zero-order valence-corrected chi connectivity index (χ0v) is 12.4. The molecule has 2 rings (SSSR count). The van der Waals surface area contributed by atoms with Gasteiger partial charge in [-0.15, -0.1) is 25.6 Å². The second kappa shape index (κ2) is 7.73. The highest BCUT2D eigenvalue weighted by atomic mass is 35.5. The number of carboxylic acids is 1. The third kappa shape index (κ3) is 5.71. The van der Waals surface area contributed by atoms with Gasteiger partial charge in [-0.05, 0) is 17.7 Å². The van der Waals surface area contributed by atoms with Crippen LogP contribution in [0.25, 0.3) is 0 Å². The van der Waals surface area contributed by atoms with Crippen molar-refractivity contribution in [3.05, 3.63) is 60.2 Å². The molecular weight excluding hydrogens is 335 g/mol. The van der Waals surface area contributed by atoms with Gasteiger partial charge in [0.1, 0.15) is 5.75 Å². The molecule has 0 aromatic heterocycles. The standard InChI is InChI=1S/C15H12F3NO3.ClH/c16-15(17,18)22-12-8-4-7-11(9-12)19-13(14(20)21)10-5-2-1-3-6-10;/h1-9,13,19H,(H,20,21);1H. The molecule has 2 N–H and O–H groups in total. The second-order valence-electron chi connectivity index (χ2n) is 4.40. The third-order valence-corrected chi connectivity index (χ3v) is 2.76. The summed E-state index contributed by atoms with van der Waals surface area (Å²) in [4.78, 5) is 11.3. The molecule has 0 bridgehead atoms. The number of alkyl halides is 3. The Morgan fingerprint density at radius 3 is 2.30 bits per heavy atom. The highest BCUT2D eigenvalue weighted by Crippen LogP contribution is 2.27. The molecule has 2 aromatic rings. The van der Waals surface area contributed by atoms with E-state index in [1.165, 1.54) is 12.1 Å². The van der Waals surface area contributed by atoms with E-state index in [4.69, 9.17) is 0 Å². The fraction of sp³-hybridized carbons (Fsp3) is 0.133. The molecule has 2 aromatic carbocycles. The van der Waals surface area contributed by atoms with Gasteiger partial charge < -0.3 is 15.2 Å². The Bertz CT molecular complexity index is 650. The minimum absolute atomic E-state index is 0. The average Bonchev–Trinajstić information content (AvgIpc) is 2.44. The summed E-state index contributed by atoms with van der Waals surface area (Å²) in [6.45, 7) is 0. The van der Waals surface area contributed by atoms with Gasteiger partial charge in [-0.1, -0.05) is 36.4 Å². The van der Waals surface area contributed by atoms with E-state index in [1.54, 1.807) is 30.3 Å². The van der Waals surface area contributed by atoms with Crippen molar-refractivity contribution in [2.75, 3.05) is 5.32 Å². The van der Waals surface area contributed by atoms with Crippen molar-refractivity contribution in [3.8, 4) is 5.75 Å². The van der Waals surface area contributed by atoms with E-state index >= 15 is 0 Å². The molecule has 0 aliphatic heterocycles. The van der Waals surface area contributed by atoms with Crippen LogP contribution >= 0.6 is 12.4 Å². The minimum atomic E-state index is -4.80. The fourth-order valence-electron chi connectivity index (χ4n) is 1.88. The van der Waals surface area contributed by atoms with Crippen LogP contribution in [0.4, 0.5) is 18.9 Å². The molecule has 0 heterocycles. The number of carboxylic acid groups (broad SMARTS) is 1. The molecule has 0 amide bonds. The Balaban J connectivity index is 0.00000264. The summed E-state index contributed by atoms with van der Waals surface area (Å²) in [7, 11) is 0. The van der Waals surface area contributed by atoms with E-state index in [9.17, 15) is 23.1 Å². The summed E-state index contributed by atoms with van der Waals surface area (Å²) < 4.78 is 40.4. The monoisotopic (exact) mass is 347 g/mol. The molecule has 4 nitrogen and oxygen atoms in total. The summed E-state index contributed by atoms with van der Waals surface area (Å²) in [5.74, 6) is -1.57. The normalized spacial score (nSPS) is 12.0. The van der Waals surface area contributed by atoms with E-state index in [2.05, 4.69) is 10.1 Å². The number of carbonyl (C=O) groups is 1. The number of nitrogens with one attached hydrogen (secondary N) is 1. The van der Waals surface area contributed by atoms with Crippen molar-refractivity contribution in [1.29, 1.82) is 0 Å². The molecule has 8 heteroatoms. The van der Waals surface area contributed by atoms with Crippen LogP contribution in [-0.2, 0) is 4.79 Å². The van der Waals surface area contributed by atoms with Crippen LogP contribution in [0.15, 0.2) is 54.6 Å². The highest BCUT2D eigenvalue weighted by Gasteiger charge is 2.31. The van der Waals surface area contributed by atoms with Crippen LogP contribution < -0.4 is 10.1 Å². The quantitative estimate of drug-likeness (QED) is 0.849. The summed E-state index contributed by atoms with van der Waals surface area (Å²) in [6.07, 6.45) is -4.80. The lowest BCUT2D eigenvalue weighted by Crippen LogP contribution is -2.21. The molecule has 0 saturated carbocycles. The summed E-state index contributed by atoms with van der Waals surface area (Å²) in [5, 5.41) is 11.9. The van der Waals surface area contributed by atoms with E-state index in [-0.39, 0.29) is 18.1 Å². The van der Waals surface area contributed by atoms with Crippen molar-refractivity contribution >= 4 is 24.1 Å². The van der Waals surface area contributed by atoms with E-state index in [0.29, 0.717) is 5.56 Å². The lowest BCUT2D eigenvalue weighted by Gasteiger charge is -2.17. The van der Waals surface area contributed by atoms with Crippen LogP contribution in [0.3, 0.4) is 0 Å². The lowest BCUT2D eigenvalue weighted by molar-refractivity contribution is -0.274. The first-order valence-corrected chi connectivity index (χ1v) is 6.25. The Morgan fingerprint density at radius 2 is 1.74 bits per heavy atom. The van der Waals surface area contributed by atoms with Crippen LogP contribution in [0, 0.1) is 0 Å². The summed E-state index contributed by atoms with van der Waals surface area (Å²) >= 11 is 0. The van der Waals surface area contributed by atoms with Gasteiger partial charge in [0.15, 0.2) is 6.04 Å². The fourth-order valence-corrected chi connectivity index (χ4v) is 1.88. The van der Waals surface area contributed by atoms with Crippen molar-refractivity contribution in [2.24, 2.45) is 0 Å². The van der Waals surface area contributed by atoms with Gasteiger partial charge in [0, 0.05) is 11.8 Å². The van der Waals surface area contributed by atoms with Crippen molar-refractivity contribution in [3.63, 3.8) is 0 Å². The van der Waals surface area contributed by atoms with E-state index in [0.717, 1.165) is 12.1 Å². The van der Waals surface area contributed by atoms with E-state index < -0.39 is 24.1 Å². The predicted molar refractivity (Wildman–Crippen MR) is 80.8 cm³/mol. The molecule has 0 radical (unpaired) electrons. The molecule has 1 unspecified atom stereocenters. The van der Waals surface area contributed by atoms with Crippen LogP contribution in [0.1, 0.15) is 11.6 Å². The average molecular weight is 348 g/mol. The molecule has 23 heavy (non-hydrogen) atoms. The first kappa shape index (κ1) is 18.6. The molecule has 0 fully saturated rings. The molecule has 1 atom stereocenters. The first-order valence-electron chi connectivity index (χ1n) is 6.25. The Hall–Kier alpha value is -2.41. The molecule has 0 aliphatic rings. The van der Waals surface area contributed by atoms with Crippen molar-refractivity contribution in [1.82, 2.24) is 0 Å². The summed E-state index contributed by atoms with van der Waals surface area (Å²) in [5.41, 5.74) is 0.690. The molecular formula is C15H13ClF3NO3. The highest BCUT2D eigenvalue weighted by molar-refractivity contribution is 5.85. The van der Waals surface area contributed by atoms with Gasteiger partial charge in [-0.25, -0.2) is 4.79 Å². The number of rotatable bonds is 5. The van der Waals surface area contributed by atoms with Gasteiger partial charge >= 0.3 is 12.3 Å². The predicted octanol–water partition coefficient (Wildman–Crippen LogP) is 4.24. The SMILES string of the molecule is Cl.O=C(O)C(Nc1cccc(OC(F)(F)F)c1)c1ccccc1. The van der Waals surface area contributed by atoms with Crippen molar-refractivity contribution < 1.29 is 27.8 Å². The summed E-state index contributed by atoms with van der Waals surface area (Å²) in [6, 6.07) is 12.3. The number of hydrogen-bond donors (Lipinski definition) is 2. The topological polar surface area (TPSA) is 58.6 Å². The largest absolute Gasteiger partial charge is 0.573 e.